The lowest BCUT2D eigenvalue weighted by atomic mass is 9.94. The number of carbonyl (C=O) groups is 2. The zero-order chi connectivity index (χ0) is 23.2. The number of hydrogen-bond acceptors (Lipinski definition) is 5. The highest BCUT2D eigenvalue weighted by molar-refractivity contribution is 6.05. The second-order valence-corrected chi connectivity index (χ2v) is 9.05. The maximum Gasteiger partial charge on any atom is 0.271 e. The monoisotopic (exact) mass is 451 g/mol. The maximum absolute atomic E-state index is 13.9. The van der Waals surface area contributed by atoms with E-state index in [-0.39, 0.29) is 24.4 Å². The molecule has 0 radical (unpaired) electrons. The van der Waals surface area contributed by atoms with Crippen LogP contribution in [-0.4, -0.2) is 47.1 Å². The molecule has 2 amide bonds. The summed E-state index contributed by atoms with van der Waals surface area (Å²) in [7, 11) is 3.20. The van der Waals surface area contributed by atoms with Gasteiger partial charge in [-0.05, 0) is 50.1 Å². The minimum absolute atomic E-state index is 0.146. The molecule has 1 fully saturated rings. The fourth-order valence-corrected chi connectivity index (χ4v) is 5.17. The zero-order valence-electron chi connectivity index (χ0n) is 19.2. The minimum atomic E-state index is -1.11. The Bertz CT molecular complexity index is 1190. The van der Waals surface area contributed by atoms with Crippen LogP contribution in [0.3, 0.4) is 0 Å². The van der Waals surface area contributed by atoms with Crippen molar-refractivity contribution >= 4 is 22.7 Å². The third-order valence-corrected chi connectivity index (χ3v) is 7.02. The van der Waals surface area contributed by atoms with Crippen molar-refractivity contribution in [1.82, 2.24) is 14.8 Å². The van der Waals surface area contributed by atoms with Gasteiger partial charge in [0.25, 0.3) is 5.91 Å². The van der Waals surface area contributed by atoms with E-state index in [2.05, 4.69) is 5.32 Å². The minimum Gasteiger partial charge on any atom is -0.496 e. The van der Waals surface area contributed by atoms with E-state index in [1.165, 1.54) is 0 Å². The van der Waals surface area contributed by atoms with Crippen LogP contribution >= 0.6 is 0 Å². The topological polar surface area (TPSA) is 85.9 Å². The first-order valence-electron chi connectivity index (χ1n) is 11.4. The molecule has 1 aliphatic heterocycles. The van der Waals surface area contributed by atoms with Crippen LogP contribution in [0, 0.1) is 0 Å². The molecule has 0 spiro atoms. The van der Waals surface area contributed by atoms with Gasteiger partial charge in [-0.1, -0.05) is 12.8 Å². The second-order valence-electron chi connectivity index (χ2n) is 9.05. The summed E-state index contributed by atoms with van der Waals surface area (Å²) < 4.78 is 18.6. The van der Waals surface area contributed by atoms with Crippen molar-refractivity contribution in [1.29, 1.82) is 0 Å². The Labute approximate surface area is 192 Å². The number of benzene rings is 1. The lowest BCUT2D eigenvalue weighted by Gasteiger charge is -2.44. The van der Waals surface area contributed by atoms with E-state index in [1.807, 2.05) is 35.8 Å². The molecule has 1 N–H and O–H groups in total. The molecule has 174 valence electrons. The molecule has 2 aromatic heterocycles. The molecule has 0 saturated heterocycles. The summed E-state index contributed by atoms with van der Waals surface area (Å²) in [4.78, 5) is 29.2. The zero-order valence-corrected chi connectivity index (χ0v) is 19.2. The van der Waals surface area contributed by atoms with Crippen LogP contribution in [0.4, 0.5) is 0 Å². The van der Waals surface area contributed by atoms with Gasteiger partial charge in [0, 0.05) is 11.4 Å². The lowest BCUT2D eigenvalue weighted by molar-refractivity contribution is -0.134. The number of amides is 2. The number of rotatable bonds is 6. The smallest absolute Gasteiger partial charge is 0.271 e. The van der Waals surface area contributed by atoms with Crippen molar-refractivity contribution in [2.75, 3.05) is 14.2 Å². The van der Waals surface area contributed by atoms with E-state index >= 15 is 0 Å². The Morgan fingerprint density at radius 2 is 1.91 bits per heavy atom. The van der Waals surface area contributed by atoms with Gasteiger partial charge in [-0.25, -0.2) is 0 Å². The molecule has 33 heavy (non-hydrogen) atoms. The summed E-state index contributed by atoms with van der Waals surface area (Å²) in [5.74, 6) is 1.52. The fourth-order valence-electron chi connectivity index (χ4n) is 5.17. The predicted octanol–water partition coefficient (Wildman–Crippen LogP) is 3.73. The van der Waals surface area contributed by atoms with Gasteiger partial charge in [-0.2, -0.15) is 0 Å². The Morgan fingerprint density at radius 1 is 1.18 bits per heavy atom. The van der Waals surface area contributed by atoms with Crippen molar-refractivity contribution in [3.63, 3.8) is 0 Å². The average Bonchev–Trinajstić information content (AvgIpc) is 3.58. The first-order chi connectivity index (χ1) is 16.0. The van der Waals surface area contributed by atoms with E-state index in [0.29, 0.717) is 29.5 Å². The molecule has 3 heterocycles. The normalized spacial score (nSPS) is 20.8. The number of methoxy groups -OCH3 is 2. The molecule has 1 atom stereocenters. The summed E-state index contributed by atoms with van der Waals surface area (Å²) in [6, 6.07) is 9.22. The molecular weight excluding hydrogens is 422 g/mol. The molecule has 1 aromatic carbocycles. The third-order valence-electron chi connectivity index (χ3n) is 7.02. The number of nitrogens with one attached hydrogen (secondary N) is 1. The Balaban J connectivity index is 1.64. The van der Waals surface area contributed by atoms with Crippen LogP contribution in [-0.2, 0) is 17.9 Å². The Kier molecular flexibility index (Phi) is 5.31. The van der Waals surface area contributed by atoms with Crippen LogP contribution in [0.5, 0.6) is 11.5 Å². The maximum atomic E-state index is 13.9. The van der Waals surface area contributed by atoms with E-state index < -0.39 is 5.54 Å². The van der Waals surface area contributed by atoms with Crippen LogP contribution in [0.1, 0.15) is 48.9 Å². The molecule has 1 saturated carbocycles. The number of aromatic nitrogens is 1. The molecule has 0 bridgehead atoms. The highest BCUT2D eigenvalue weighted by Crippen LogP contribution is 2.40. The molecule has 8 heteroatoms. The summed E-state index contributed by atoms with van der Waals surface area (Å²) in [6.45, 7) is 2.33. The van der Waals surface area contributed by atoms with Gasteiger partial charge in [0.1, 0.15) is 28.5 Å². The summed E-state index contributed by atoms with van der Waals surface area (Å²) in [6.07, 6.45) is 5.74. The van der Waals surface area contributed by atoms with E-state index in [0.717, 1.165) is 36.6 Å². The van der Waals surface area contributed by atoms with Crippen molar-refractivity contribution in [3.8, 4) is 11.5 Å². The first kappa shape index (κ1) is 21.4. The fraction of sp³-hybridized carbons (Fsp3) is 0.440. The van der Waals surface area contributed by atoms with Crippen LogP contribution < -0.4 is 14.8 Å². The predicted molar refractivity (Wildman–Crippen MR) is 122 cm³/mol. The van der Waals surface area contributed by atoms with Gasteiger partial charge in [0.15, 0.2) is 0 Å². The molecular formula is C25H29N3O5. The number of hydrogen-bond donors (Lipinski definition) is 1. The summed E-state index contributed by atoms with van der Waals surface area (Å²) >= 11 is 0. The van der Waals surface area contributed by atoms with Crippen molar-refractivity contribution < 1.29 is 23.5 Å². The van der Waals surface area contributed by atoms with Gasteiger partial charge in [0.05, 0.1) is 39.1 Å². The summed E-state index contributed by atoms with van der Waals surface area (Å²) in [5.41, 5.74) is 0.128. The van der Waals surface area contributed by atoms with E-state index in [9.17, 15) is 9.59 Å². The van der Waals surface area contributed by atoms with Gasteiger partial charge in [-0.3, -0.25) is 9.59 Å². The lowest BCUT2D eigenvalue weighted by Crippen LogP contribution is -2.64. The molecule has 8 nitrogen and oxygen atoms in total. The molecule has 5 rings (SSSR count). The standard InChI is InChI=1S/C25H29N3O5/c1-25(24(30)26-16-7-4-5-8-16)15-27-19(23(29)28(25)14-17-9-6-12-33-17)13-18-20(31-2)10-11-21(32-3)22(18)27/h6,9-13,16H,4-5,7-8,14-15H2,1-3H3,(H,26,30)/t25-/m1/s1. The third kappa shape index (κ3) is 3.44. The quantitative estimate of drug-likeness (QED) is 0.617. The first-order valence-corrected chi connectivity index (χ1v) is 11.4. The number of nitrogens with zero attached hydrogens (tertiary/aromatic N) is 2. The van der Waals surface area contributed by atoms with Crippen molar-refractivity contribution in [2.45, 2.75) is 57.3 Å². The second kappa shape index (κ2) is 8.17. The molecule has 1 aliphatic carbocycles. The molecule has 0 unspecified atom stereocenters. The number of carbonyl (C=O) groups excluding carboxylic acids is 2. The van der Waals surface area contributed by atoms with Crippen molar-refractivity contribution in [3.05, 3.63) is 48.0 Å². The van der Waals surface area contributed by atoms with Gasteiger partial charge < -0.3 is 28.7 Å². The Hall–Kier alpha value is -3.42. The van der Waals surface area contributed by atoms with E-state index in [1.54, 1.807) is 31.4 Å². The largest absolute Gasteiger partial charge is 0.496 e. The number of furan rings is 1. The van der Waals surface area contributed by atoms with Gasteiger partial charge in [-0.15, -0.1) is 0 Å². The van der Waals surface area contributed by atoms with Crippen LogP contribution in [0.15, 0.2) is 41.0 Å². The van der Waals surface area contributed by atoms with Gasteiger partial charge >= 0.3 is 0 Å². The van der Waals surface area contributed by atoms with E-state index in [4.69, 9.17) is 13.9 Å². The highest BCUT2D eigenvalue weighted by atomic mass is 16.5. The highest BCUT2D eigenvalue weighted by Gasteiger charge is 2.49. The van der Waals surface area contributed by atoms with Crippen molar-refractivity contribution in [2.24, 2.45) is 0 Å². The van der Waals surface area contributed by atoms with Gasteiger partial charge in [0.2, 0.25) is 5.91 Å². The van der Waals surface area contributed by atoms with Crippen LogP contribution in [0.25, 0.3) is 10.9 Å². The number of fused-ring (bicyclic) bond motifs is 3. The summed E-state index contributed by atoms with van der Waals surface area (Å²) in [5, 5.41) is 3.99. The molecule has 2 aliphatic rings. The SMILES string of the molecule is COc1ccc(OC)c2c1cc1n2C[C@](C)(C(=O)NC2CCCC2)N(Cc2ccco2)C1=O. The molecule has 3 aromatic rings. The van der Waals surface area contributed by atoms with Crippen LogP contribution in [0.2, 0.25) is 0 Å². The number of ether oxygens (including phenoxy) is 2. The Morgan fingerprint density at radius 3 is 2.58 bits per heavy atom. The average molecular weight is 452 g/mol.